The molecule has 0 fully saturated rings. The van der Waals surface area contributed by atoms with Gasteiger partial charge in [-0.1, -0.05) is 43.0 Å². The van der Waals surface area contributed by atoms with Crippen LogP contribution in [0, 0.1) is 10.1 Å². The maximum absolute atomic E-state index is 10.9. The van der Waals surface area contributed by atoms with E-state index in [0.717, 1.165) is 27.9 Å². The van der Waals surface area contributed by atoms with Crippen molar-refractivity contribution < 1.29 is 4.92 Å². The summed E-state index contributed by atoms with van der Waals surface area (Å²) in [6.07, 6.45) is 7.77. The minimum atomic E-state index is -0.418. The number of likely N-dealkylation sites (N-methyl/N-ethyl adjacent to an activating group) is 1. The second-order valence-corrected chi connectivity index (χ2v) is 6.53. The molecule has 0 bridgehead atoms. The van der Waals surface area contributed by atoms with Crippen molar-refractivity contribution in [3.8, 4) is 11.4 Å². The Balaban J connectivity index is 2.07. The number of nitro benzene ring substituents is 1. The molecule has 146 valence electrons. The molecule has 0 amide bonds. The van der Waals surface area contributed by atoms with E-state index < -0.39 is 4.92 Å². The average molecular weight is 386 g/mol. The van der Waals surface area contributed by atoms with E-state index in [0.29, 0.717) is 12.4 Å². The largest absolute Gasteiger partial charge is 0.355 e. The lowest BCUT2D eigenvalue weighted by atomic mass is 10.1. The molecule has 0 aliphatic rings. The molecular weight excluding hydrogens is 364 g/mol. The third kappa shape index (κ3) is 4.55. The van der Waals surface area contributed by atoms with Crippen molar-refractivity contribution in [2.45, 2.75) is 6.92 Å². The third-order valence-corrected chi connectivity index (χ3v) is 4.41. The molecule has 0 aliphatic heterocycles. The number of nitro groups is 1. The summed E-state index contributed by atoms with van der Waals surface area (Å²) in [5, 5.41) is 11.9. The van der Waals surface area contributed by atoms with Crippen LogP contribution in [0.15, 0.2) is 85.0 Å². The molecule has 6 nitrogen and oxygen atoms in total. The number of para-hydroxylation sites is 1. The van der Waals surface area contributed by atoms with E-state index in [1.54, 1.807) is 18.2 Å². The Bertz CT molecular complexity index is 1100. The molecule has 0 unspecified atom stereocenters. The summed E-state index contributed by atoms with van der Waals surface area (Å²) in [4.78, 5) is 22.0. The van der Waals surface area contributed by atoms with E-state index in [2.05, 4.69) is 16.5 Å². The Kier molecular flexibility index (Phi) is 6.14. The minimum absolute atomic E-state index is 0.0393. The molecule has 1 aromatic heterocycles. The smallest absolute Gasteiger partial charge is 0.269 e. The van der Waals surface area contributed by atoms with Crippen molar-refractivity contribution in [3.63, 3.8) is 0 Å². The zero-order valence-corrected chi connectivity index (χ0v) is 16.4. The molecule has 0 spiro atoms. The third-order valence-electron chi connectivity index (χ3n) is 4.41. The van der Waals surface area contributed by atoms with Crippen molar-refractivity contribution in [2.24, 2.45) is 0 Å². The van der Waals surface area contributed by atoms with Gasteiger partial charge in [-0.25, -0.2) is 9.97 Å². The monoisotopic (exact) mass is 386 g/mol. The molecule has 0 atom stereocenters. The Morgan fingerprint density at radius 3 is 2.55 bits per heavy atom. The van der Waals surface area contributed by atoms with E-state index in [1.165, 1.54) is 12.1 Å². The van der Waals surface area contributed by atoms with E-state index in [1.807, 2.05) is 56.5 Å². The van der Waals surface area contributed by atoms with Gasteiger partial charge < -0.3 is 4.90 Å². The molecule has 0 saturated heterocycles. The van der Waals surface area contributed by atoms with Gasteiger partial charge in [0.05, 0.1) is 10.4 Å². The van der Waals surface area contributed by atoms with Crippen LogP contribution in [0.5, 0.6) is 0 Å². The van der Waals surface area contributed by atoms with E-state index in [-0.39, 0.29) is 5.69 Å². The lowest BCUT2D eigenvalue weighted by molar-refractivity contribution is -0.384. The summed E-state index contributed by atoms with van der Waals surface area (Å²) in [5.74, 6) is 1.32. The summed E-state index contributed by atoms with van der Waals surface area (Å²) in [5.41, 5.74) is 2.69. The van der Waals surface area contributed by atoms with E-state index in [4.69, 9.17) is 4.98 Å². The maximum Gasteiger partial charge on any atom is 0.269 e. The second-order valence-electron chi connectivity index (χ2n) is 6.53. The van der Waals surface area contributed by atoms with Crippen LogP contribution in [0.3, 0.4) is 0 Å². The number of hydrogen-bond donors (Lipinski definition) is 0. The molecule has 0 radical (unpaired) electrons. The SMILES string of the molecule is C=C/C=C(\C=C/C)CN(C)c1nc(-c2ccc([N+](=O)[O-])cc2)nc2ccccc12. The number of anilines is 1. The minimum Gasteiger partial charge on any atom is -0.355 e. The number of non-ortho nitro benzene ring substituents is 1. The van der Waals surface area contributed by atoms with Crippen LogP contribution < -0.4 is 4.90 Å². The molecule has 1 heterocycles. The van der Waals surface area contributed by atoms with Crippen molar-refractivity contribution in [1.82, 2.24) is 9.97 Å². The van der Waals surface area contributed by atoms with Gasteiger partial charge in [0.2, 0.25) is 0 Å². The van der Waals surface area contributed by atoms with Gasteiger partial charge in [-0.3, -0.25) is 10.1 Å². The highest BCUT2D eigenvalue weighted by Gasteiger charge is 2.14. The number of hydrogen-bond acceptors (Lipinski definition) is 5. The molecule has 0 N–H and O–H groups in total. The van der Waals surface area contributed by atoms with Crippen LogP contribution in [-0.4, -0.2) is 28.5 Å². The molecular formula is C23H22N4O2. The van der Waals surface area contributed by atoms with Gasteiger partial charge in [0.1, 0.15) is 5.82 Å². The van der Waals surface area contributed by atoms with Crippen LogP contribution in [0.2, 0.25) is 0 Å². The Morgan fingerprint density at radius 1 is 1.17 bits per heavy atom. The standard InChI is InChI=1S/C23H22N4O2/c1-4-8-17(9-5-2)16-26(3)23-20-10-6-7-11-21(20)24-22(25-23)18-12-14-19(15-13-18)27(28)29/h4-15H,1,16H2,2-3H3/b9-5-,17-8+. The predicted octanol–water partition coefficient (Wildman–Crippen LogP) is 5.33. The molecule has 2 aromatic carbocycles. The molecule has 6 heteroatoms. The van der Waals surface area contributed by atoms with Gasteiger partial charge >= 0.3 is 0 Å². The number of benzene rings is 2. The zero-order chi connectivity index (χ0) is 20.8. The van der Waals surface area contributed by atoms with Crippen LogP contribution in [0.25, 0.3) is 22.3 Å². The summed E-state index contributed by atoms with van der Waals surface area (Å²) in [6, 6.07) is 14.1. The fourth-order valence-corrected chi connectivity index (χ4v) is 3.09. The van der Waals surface area contributed by atoms with Gasteiger partial charge in [-0.05, 0) is 36.8 Å². The quantitative estimate of drug-likeness (QED) is 0.312. The van der Waals surface area contributed by atoms with E-state index in [9.17, 15) is 10.1 Å². The summed E-state index contributed by atoms with van der Waals surface area (Å²) in [6.45, 7) is 6.41. The fourth-order valence-electron chi connectivity index (χ4n) is 3.09. The Morgan fingerprint density at radius 2 is 1.90 bits per heavy atom. The van der Waals surface area contributed by atoms with Gasteiger partial charge in [0.25, 0.3) is 5.69 Å². The summed E-state index contributed by atoms with van der Waals surface area (Å²) >= 11 is 0. The fraction of sp³-hybridized carbons (Fsp3) is 0.130. The predicted molar refractivity (Wildman–Crippen MR) is 118 cm³/mol. The molecule has 29 heavy (non-hydrogen) atoms. The zero-order valence-electron chi connectivity index (χ0n) is 16.4. The Labute approximate surface area is 169 Å². The van der Waals surface area contributed by atoms with Crippen molar-refractivity contribution in [1.29, 1.82) is 0 Å². The van der Waals surface area contributed by atoms with Crippen molar-refractivity contribution in [3.05, 3.63) is 95.1 Å². The molecule has 0 aliphatic carbocycles. The topological polar surface area (TPSA) is 72.2 Å². The van der Waals surface area contributed by atoms with Crippen molar-refractivity contribution >= 4 is 22.4 Å². The maximum atomic E-state index is 10.9. The van der Waals surface area contributed by atoms with E-state index >= 15 is 0 Å². The van der Waals surface area contributed by atoms with Crippen molar-refractivity contribution in [2.75, 3.05) is 18.5 Å². The molecule has 0 saturated carbocycles. The van der Waals surface area contributed by atoms with Crippen LogP contribution in [0.4, 0.5) is 11.5 Å². The second kappa shape index (κ2) is 8.93. The van der Waals surface area contributed by atoms with Crippen LogP contribution >= 0.6 is 0 Å². The normalized spacial score (nSPS) is 11.7. The highest BCUT2D eigenvalue weighted by atomic mass is 16.6. The van der Waals surface area contributed by atoms with Gasteiger partial charge in [0, 0.05) is 36.7 Å². The average Bonchev–Trinajstić information content (AvgIpc) is 2.73. The number of rotatable bonds is 7. The first kappa shape index (κ1) is 19.9. The number of allylic oxidation sites excluding steroid dienone is 3. The van der Waals surface area contributed by atoms with Crippen LogP contribution in [0.1, 0.15) is 6.92 Å². The summed E-state index contributed by atoms with van der Waals surface area (Å²) < 4.78 is 0. The first-order valence-corrected chi connectivity index (χ1v) is 9.20. The van der Waals surface area contributed by atoms with Crippen LogP contribution in [-0.2, 0) is 0 Å². The van der Waals surface area contributed by atoms with Gasteiger partial charge in [0.15, 0.2) is 5.82 Å². The lowest BCUT2D eigenvalue weighted by Gasteiger charge is -2.21. The highest BCUT2D eigenvalue weighted by molar-refractivity contribution is 5.91. The van der Waals surface area contributed by atoms with Gasteiger partial charge in [-0.2, -0.15) is 0 Å². The highest BCUT2D eigenvalue weighted by Crippen LogP contribution is 2.28. The number of fused-ring (bicyclic) bond motifs is 1. The first-order chi connectivity index (χ1) is 14.0. The Hall–Kier alpha value is -3.80. The molecule has 3 rings (SSSR count). The lowest BCUT2D eigenvalue weighted by Crippen LogP contribution is -2.21. The van der Waals surface area contributed by atoms with Gasteiger partial charge in [-0.15, -0.1) is 0 Å². The summed E-state index contributed by atoms with van der Waals surface area (Å²) in [7, 11) is 1.98. The first-order valence-electron chi connectivity index (χ1n) is 9.20. The number of nitrogens with zero attached hydrogens (tertiary/aromatic N) is 4. The molecule has 3 aromatic rings. The number of aromatic nitrogens is 2.